The van der Waals surface area contributed by atoms with E-state index >= 15 is 0 Å². The van der Waals surface area contributed by atoms with Gasteiger partial charge >= 0.3 is 0 Å². The van der Waals surface area contributed by atoms with Crippen molar-refractivity contribution in [1.29, 1.82) is 0 Å². The summed E-state index contributed by atoms with van der Waals surface area (Å²) in [6.45, 7) is 4.12. The summed E-state index contributed by atoms with van der Waals surface area (Å²) in [5, 5.41) is 3.96. The van der Waals surface area contributed by atoms with Gasteiger partial charge in [0.15, 0.2) is 5.69 Å². The number of aromatic nitrogens is 2. The second-order valence-electron chi connectivity index (χ2n) is 7.06. The van der Waals surface area contributed by atoms with Crippen LogP contribution in [0.25, 0.3) is 0 Å². The largest absolute Gasteiger partial charge is 0.477 e. The van der Waals surface area contributed by atoms with Gasteiger partial charge in [-0.2, -0.15) is 0 Å². The molecule has 2 fully saturated rings. The summed E-state index contributed by atoms with van der Waals surface area (Å²) in [6, 6.07) is 5.72. The van der Waals surface area contributed by atoms with Gasteiger partial charge in [0.05, 0.1) is 6.61 Å². The number of piperidine rings is 1. The molecule has 0 atom stereocenters. The first-order valence-corrected chi connectivity index (χ1v) is 9.01. The average molecular weight is 341 g/mol. The molecule has 0 bridgehead atoms. The molecule has 2 aromatic rings. The minimum atomic E-state index is -0.0180. The maximum atomic E-state index is 12.5. The van der Waals surface area contributed by atoms with Crippen LogP contribution < -0.4 is 4.74 Å². The number of amides is 1. The van der Waals surface area contributed by atoms with Crippen LogP contribution in [0.1, 0.15) is 53.4 Å². The van der Waals surface area contributed by atoms with E-state index in [2.05, 4.69) is 10.1 Å². The van der Waals surface area contributed by atoms with E-state index in [0.717, 1.165) is 50.1 Å². The Morgan fingerprint density at radius 2 is 2.12 bits per heavy atom. The molecule has 2 aromatic heterocycles. The van der Waals surface area contributed by atoms with Gasteiger partial charge in [-0.15, -0.1) is 0 Å². The number of aryl methyl sites for hydroxylation is 1. The summed E-state index contributed by atoms with van der Waals surface area (Å²) in [6.07, 6.45) is 5.90. The molecule has 3 heterocycles. The van der Waals surface area contributed by atoms with Gasteiger partial charge in [-0.3, -0.25) is 4.79 Å². The monoisotopic (exact) mass is 341 g/mol. The first kappa shape index (κ1) is 16.1. The van der Waals surface area contributed by atoms with Gasteiger partial charge in [0.1, 0.15) is 5.76 Å². The van der Waals surface area contributed by atoms with Crippen molar-refractivity contribution >= 4 is 5.91 Å². The van der Waals surface area contributed by atoms with Gasteiger partial charge in [-0.25, -0.2) is 4.98 Å². The quantitative estimate of drug-likeness (QED) is 0.835. The number of hydrogen-bond acceptors (Lipinski definition) is 5. The molecule has 0 radical (unpaired) electrons. The molecule has 0 unspecified atom stereocenters. The first-order valence-electron chi connectivity index (χ1n) is 9.01. The zero-order chi connectivity index (χ0) is 17.2. The van der Waals surface area contributed by atoms with E-state index in [1.807, 2.05) is 30.0 Å². The van der Waals surface area contributed by atoms with Gasteiger partial charge < -0.3 is 14.2 Å². The Kier molecular flexibility index (Phi) is 4.42. The van der Waals surface area contributed by atoms with Crippen molar-refractivity contribution in [2.75, 3.05) is 19.7 Å². The topological polar surface area (TPSA) is 68.5 Å². The van der Waals surface area contributed by atoms with Crippen molar-refractivity contribution in [2.24, 2.45) is 5.92 Å². The van der Waals surface area contributed by atoms with Gasteiger partial charge in [0.2, 0.25) is 5.88 Å². The third-order valence-electron chi connectivity index (χ3n) is 5.05. The normalized spacial score (nSPS) is 18.4. The zero-order valence-electron chi connectivity index (χ0n) is 14.5. The van der Waals surface area contributed by atoms with Crippen molar-refractivity contribution in [1.82, 2.24) is 15.0 Å². The predicted molar refractivity (Wildman–Crippen MR) is 91.6 cm³/mol. The first-order chi connectivity index (χ1) is 12.2. The van der Waals surface area contributed by atoms with E-state index < -0.39 is 0 Å². The zero-order valence-corrected chi connectivity index (χ0v) is 14.5. The summed E-state index contributed by atoms with van der Waals surface area (Å²) in [5.41, 5.74) is 1.49. The molecule has 1 saturated carbocycles. The molecule has 0 spiro atoms. The van der Waals surface area contributed by atoms with Crippen LogP contribution in [0.2, 0.25) is 0 Å². The molecule has 6 heteroatoms. The fourth-order valence-electron chi connectivity index (χ4n) is 3.23. The van der Waals surface area contributed by atoms with E-state index in [1.54, 1.807) is 6.20 Å². The molecule has 0 N–H and O–H groups in total. The number of carbonyl (C=O) groups is 1. The van der Waals surface area contributed by atoms with Crippen LogP contribution in [0.4, 0.5) is 0 Å². The number of likely N-dealkylation sites (tertiary alicyclic amines) is 1. The summed E-state index contributed by atoms with van der Waals surface area (Å²) in [5.74, 6) is 2.47. The van der Waals surface area contributed by atoms with Crippen molar-refractivity contribution in [3.63, 3.8) is 0 Å². The predicted octanol–water partition coefficient (Wildman–Crippen LogP) is 3.19. The Balaban J connectivity index is 1.27. The lowest BCUT2D eigenvalue weighted by Gasteiger charge is -2.31. The second kappa shape index (κ2) is 6.86. The molecule has 6 nitrogen and oxygen atoms in total. The number of ether oxygens (including phenoxy) is 1. The smallest absolute Gasteiger partial charge is 0.276 e. The number of carbonyl (C=O) groups excluding carboxylic acids is 1. The van der Waals surface area contributed by atoms with E-state index in [0.29, 0.717) is 30.0 Å². The molecule has 1 aliphatic heterocycles. The Bertz CT molecular complexity index is 746. The highest BCUT2D eigenvalue weighted by atomic mass is 16.5. The van der Waals surface area contributed by atoms with Crippen LogP contribution in [-0.2, 0) is 0 Å². The van der Waals surface area contributed by atoms with Crippen LogP contribution in [0.3, 0.4) is 0 Å². The lowest BCUT2D eigenvalue weighted by Crippen LogP contribution is -2.39. The summed E-state index contributed by atoms with van der Waals surface area (Å²) in [4.78, 5) is 18.7. The average Bonchev–Trinajstić information content (AvgIpc) is 3.38. The summed E-state index contributed by atoms with van der Waals surface area (Å²) in [7, 11) is 0. The molecule has 1 saturated heterocycles. The second-order valence-corrected chi connectivity index (χ2v) is 7.06. The van der Waals surface area contributed by atoms with Crippen molar-refractivity contribution < 1.29 is 14.1 Å². The lowest BCUT2D eigenvalue weighted by molar-refractivity contribution is 0.0649. The summed E-state index contributed by atoms with van der Waals surface area (Å²) < 4.78 is 11.1. The highest BCUT2D eigenvalue weighted by Gasteiger charge is 2.31. The molecular formula is C19H23N3O3. The highest BCUT2D eigenvalue weighted by molar-refractivity contribution is 5.92. The van der Waals surface area contributed by atoms with Gasteiger partial charge in [0.25, 0.3) is 5.91 Å². The Hall–Kier alpha value is -2.37. The molecular weight excluding hydrogens is 318 g/mol. The SMILES string of the molecule is Cc1cccnc1OCC1CCN(C(=O)c2cc(C3CC3)on2)CC1. The fourth-order valence-corrected chi connectivity index (χ4v) is 3.23. The Morgan fingerprint density at radius 3 is 2.84 bits per heavy atom. The molecule has 1 aliphatic carbocycles. The highest BCUT2D eigenvalue weighted by Crippen LogP contribution is 2.40. The van der Waals surface area contributed by atoms with Crippen molar-refractivity contribution in [3.8, 4) is 5.88 Å². The molecule has 0 aromatic carbocycles. The van der Waals surface area contributed by atoms with E-state index in [9.17, 15) is 4.79 Å². The van der Waals surface area contributed by atoms with E-state index in [4.69, 9.17) is 9.26 Å². The number of pyridine rings is 1. The van der Waals surface area contributed by atoms with Crippen LogP contribution >= 0.6 is 0 Å². The Morgan fingerprint density at radius 1 is 1.32 bits per heavy atom. The van der Waals surface area contributed by atoms with Crippen molar-refractivity contribution in [2.45, 2.75) is 38.5 Å². The van der Waals surface area contributed by atoms with E-state index in [1.165, 1.54) is 0 Å². The van der Waals surface area contributed by atoms with Gasteiger partial charge in [-0.1, -0.05) is 11.2 Å². The lowest BCUT2D eigenvalue weighted by atomic mass is 9.97. The third-order valence-corrected chi connectivity index (χ3v) is 5.05. The van der Waals surface area contributed by atoms with Gasteiger partial charge in [0, 0.05) is 36.8 Å². The Labute approximate surface area is 147 Å². The van der Waals surface area contributed by atoms with Crippen molar-refractivity contribution in [3.05, 3.63) is 41.4 Å². The number of hydrogen-bond donors (Lipinski definition) is 0. The molecule has 4 rings (SSSR count). The fraction of sp³-hybridized carbons (Fsp3) is 0.526. The number of rotatable bonds is 5. The molecule has 2 aliphatic rings. The third kappa shape index (κ3) is 3.67. The standard InChI is InChI=1S/C19H23N3O3/c1-13-3-2-8-20-18(13)24-12-14-6-9-22(10-7-14)19(23)16-11-17(25-21-16)15-4-5-15/h2-3,8,11,14-15H,4-7,9-10,12H2,1H3. The minimum Gasteiger partial charge on any atom is -0.477 e. The maximum absolute atomic E-state index is 12.5. The van der Waals surface area contributed by atoms with Crippen LogP contribution in [0.15, 0.2) is 28.9 Å². The summed E-state index contributed by atoms with van der Waals surface area (Å²) >= 11 is 0. The maximum Gasteiger partial charge on any atom is 0.276 e. The van der Waals surface area contributed by atoms with Crippen LogP contribution in [0, 0.1) is 12.8 Å². The molecule has 25 heavy (non-hydrogen) atoms. The molecule has 1 amide bonds. The van der Waals surface area contributed by atoms with Crippen LogP contribution in [-0.4, -0.2) is 40.6 Å². The molecule has 132 valence electrons. The van der Waals surface area contributed by atoms with Crippen LogP contribution in [0.5, 0.6) is 5.88 Å². The van der Waals surface area contributed by atoms with E-state index in [-0.39, 0.29) is 5.91 Å². The number of nitrogens with zero attached hydrogens (tertiary/aromatic N) is 3. The minimum absolute atomic E-state index is 0.0180. The van der Waals surface area contributed by atoms with Gasteiger partial charge in [-0.05, 0) is 44.6 Å².